The lowest BCUT2D eigenvalue weighted by atomic mass is 10.2. The molecule has 1 aromatic rings. The highest BCUT2D eigenvalue weighted by Gasteiger charge is 2.02. The van der Waals surface area contributed by atoms with E-state index in [-0.39, 0.29) is 11.5 Å². The Bertz CT molecular complexity index is 454. The van der Waals surface area contributed by atoms with Crippen LogP contribution in [0.5, 0.6) is 0 Å². The number of amides is 1. The monoisotopic (exact) mass is 249 g/mol. The first-order valence-corrected chi connectivity index (χ1v) is 5.87. The molecule has 0 radical (unpaired) electrons. The van der Waals surface area contributed by atoms with Gasteiger partial charge in [0.2, 0.25) is 5.91 Å². The molecule has 1 aromatic carbocycles. The number of nitrogens with zero attached hydrogens (tertiary/aromatic N) is 1. The average Bonchev–Trinajstić information content (AvgIpc) is 2.35. The minimum Gasteiger partial charge on any atom is -0.384 e. The quantitative estimate of drug-likeness (QED) is 0.810. The van der Waals surface area contributed by atoms with Gasteiger partial charge in [-0.3, -0.25) is 4.79 Å². The first kappa shape index (κ1) is 14.0. The number of carbonyl (C=O) groups excluding carboxylic acids is 1. The van der Waals surface area contributed by atoms with Crippen LogP contribution in [0.3, 0.4) is 0 Å². The lowest BCUT2D eigenvalue weighted by molar-refractivity contribution is -0.120. The van der Waals surface area contributed by atoms with Crippen LogP contribution in [0.4, 0.5) is 10.1 Å². The number of hydrogen-bond donors (Lipinski definition) is 2. The standard InChI is InChI=1S/C13H16FN3O/c1-2-4-17-13(18)3-5-16-12-7-10(9-15)6-11(14)8-12/h6-8,16H,2-5H2,1H3,(H,17,18). The van der Waals surface area contributed by atoms with Crippen molar-refractivity contribution in [1.82, 2.24) is 5.32 Å². The Morgan fingerprint density at radius 3 is 2.83 bits per heavy atom. The van der Waals surface area contributed by atoms with Crippen molar-refractivity contribution in [2.75, 3.05) is 18.4 Å². The van der Waals surface area contributed by atoms with Gasteiger partial charge in [-0.25, -0.2) is 4.39 Å². The maximum atomic E-state index is 13.1. The predicted molar refractivity (Wildman–Crippen MR) is 67.5 cm³/mol. The number of rotatable bonds is 6. The second-order valence-electron chi connectivity index (χ2n) is 3.87. The van der Waals surface area contributed by atoms with E-state index in [9.17, 15) is 9.18 Å². The molecular formula is C13H16FN3O. The number of halogens is 1. The number of anilines is 1. The van der Waals surface area contributed by atoms with Gasteiger partial charge in [0.15, 0.2) is 0 Å². The Labute approximate surface area is 106 Å². The van der Waals surface area contributed by atoms with E-state index >= 15 is 0 Å². The highest BCUT2D eigenvalue weighted by molar-refractivity contribution is 5.76. The third-order valence-electron chi connectivity index (χ3n) is 2.28. The van der Waals surface area contributed by atoms with Crippen LogP contribution in [0.1, 0.15) is 25.3 Å². The van der Waals surface area contributed by atoms with Crippen LogP contribution in [0.25, 0.3) is 0 Å². The molecule has 0 saturated carbocycles. The molecule has 2 N–H and O–H groups in total. The van der Waals surface area contributed by atoms with Gasteiger partial charge >= 0.3 is 0 Å². The zero-order chi connectivity index (χ0) is 13.4. The molecule has 0 heterocycles. The van der Waals surface area contributed by atoms with Gasteiger partial charge in [0, 0.05) is 25.2 Å². The maximum Gasteiger partial charge on any atom is 0.221 e. The maximum absolute atomic E-state index is 13.1. The minimum atomic E-state index is -0.466. The van der Waals surface area contributed by atoms with Crippen molar-refractivity contribution in [3.05, 3.63) is 29.6 Å². The lowest BCUT2D eigenvalue weighted by Crippen LogP contribution is -2.25. The van der Waals surface area contributed by atoms with Gasteiger partial charge in [-0.15, -0.1) is 0 Å². The minimum absolute atomic E-state index is 0.0405. The van der Waals surface area contributed by atoms with Crippen LogP contribution in [-0.4, -0.2) is 19.0 Å². The number of nitriles is 1. The SMILES string of the molecule is CCCNC(=O)CCNc1cc(F)cc(C#N)c1. The summed E-state index contributed by atoms with van der Waals surface area (Å²) in [5.74, 6) is -0.506. The van der Waals surface area contributed by atoms with Crippen molar-refractivity contribution in [3.63, 3.8) is 0 Å². The number of hydrogen-bond acceptors (Lipinski definition) is 3. The summed E-state index contributed by atoms with van der Waals surface area (Å²) in [5.41, 5.74) is 0.766. The predicted octanol–water partition coefficient (Wildman–Crippen LogP) is 2.03. The molecule has 0 saturated heterocycles. The van der Waals surface area contributed by atoms with Gasteiger partial charge in [-0.2, -0.15) is 5.26 Å². The van der Waals surface area contributed by atoms with Crippen LogP contribution in [0.2, 0.25) is 0 Å². The smallest absolute Gasteiger partial charge is 0.221 e. The Morgan fingerprint density at radius 1 is 1.39 bits per heavy atom. The van der Waals surface area contributed by atoms with Crippen molar-refractivity contribution in [2.24, 2.45) is 0 Å². The number of carbonyl (C=O) groups is 1. The van der Waals surface area contributed by atoms with Crippen LogP contribution < -0.4 is 10.6 Å². The molecule has 96 valence electrons. The molecule has 1 rings (SSSR count). The summed E-state index contributed by atoms with van der Waals surface area (Å²) in [5, 5.41) is 14.4. The fourth-order valence-electron chi connectivity index (χ4n) is 1.43. The van der Waals surface area contributed by atoms with Crippen LogP contribution in [0, 0.1) is 17.1 Å². The molecule has 0 aromatic heterocycles. The molecule has 0 fully saturated rings. The normalized spacial score (nSPS) is 9.61. The zero-order valence-corrected chi connectivity index (χ0v) is 10.3. The molecule has 0 aliphatic rings. The van der Waals surface area contributed by atoms with Crippen LogP contribution >= 0.6 is 0 Å². The largest absolute Gasteiger partial charge is 0.384 e. The van der Waals surface area contributed by atoms with Crippen molar-refractivity contribution in [2.45, 2.75) is 19.8 Å². The molecule has 1 amide bonds. The Balaban J connectivity index is 2.42. The molecule has 0 aliphatic carbocycles. The van der Waals surface area contributed by atoms with Crippen LogP contribution in [0.15, 0.2) is 18.2 Å². The van der Waals surface area contributed by atoms with Crippen molar-refractivity contribution < 1.29 is 9.18 Å². The topological polar surface area (TPSA) is 64.9 Å². The zero-order valence-electron chi connectivity index (χ0n) is 10.3. The summed E-state index contributed by atoms with van der Waals surface area (Å²) < 4.78 is 13.1. The Kier molecular flexibility index (Phi) is 5.65. The summed E-state index contributed by atoms with van der Waals surface area (Å²) in [6, 6.07) is 5.89. The van der Waals surface area contributed by atoms with Gasteiger partial charge in [-0.05, 0) is 24.6 Å². The average molecular weight is 249 g/mol. The van der Waals surface area contributed by atoms with E-state index in [4.69, 9.17) is 5.26 Å². The van der Waals surface area contributed by atoms with Gasteiger partial charge in [-0.1, -0.05) is 6.92 Å². The van der Waals surface area contributed by atoms with Gasteiger partial charge < -0.3 is 10.6 Å². The second-order valence-corrected chi connectivity index (χ2v) is 3.87. The molecule has 0 unspecified atom stereocenters. The highest BCUT2D eigenvalue weighted by atomic mass is 19.1. The van der Waals surface area contributed by atoms with Crippen LogP contribution in [-0.2, 0) is 4.79 Å². The van der Waals surface area contributed by atoms with E-state index < -0.39 is 5.82 Å². The summed E-state index contributed by atoms with van der Waals surface area (Å²) in [6.45, 7) is 3.05. The lowest BCUT2D eigenvalue weighted by Gasteiger charge is -2.07. The third kappa shape index (κ3) is 4.83. The summed E-state index contributed by atoms with van der Waals surface area (Å²) in [7, 11) is 0. The molecule has 18 heavy (non-hydrogen) atoms. The molecule has 0 atom stereocenters. The van der Waals surface area contributed by atoms with E-state index in [2.05, 4.69) is 10.6 Å². The van der Waals surface area contributed by atoms with E-state index in [0.29, 0.717) is 25.2 Å². The van der Waals surface area contributed by atoms with Crippen molar-refractivity contribution in [3.8, 4) is 6.07 Å². The van der Waals surface area contributed by atoms with Crippen molar-refractivity contribution >= 4 is 11.6 Å². The fraction of sp³-hybridized carbons (Fsp3) is 0.385. The van der Waals surface area contributed by atoms with Crippen molar-refractivity contribution in [1.29, 1.82) is 5.26 Å². The van der Waals surface area contributed by atoms with E-state index in [1.54, 1.807) is 6.07 Å². The third-order valence-corrected chi connectivity index (χ3v) is 2.28. The van der Waals surface area contributed by atoms with E-state index in [1.807, 2.05) is 13.0 Å². The first-order valence-electron chi connectivity index (χ1n) is 5.87. The highest BCUT2D eigenvalue weighted by Crippen LogP contribution is 2.13. The molecule has 0 aliphatic heterocycles. The number of nitrogens with one attached hydrogen (secondary N) is 2. The van der Waals surface area contributed by atoms with Gasteiger partial charge in [0.05, 0.1) is 11.6 Å². The Morgan fingerprint density at radius 2 is 2.17 bits per heavy atom. The molecule has 0 bridgehead atoms. The number of benzene rings is 1. The van der Waals surface area contributed by atoms with Gasteiger partial charge in [0.1, 0.15) is 5.82 Å². The van der Waals surface area contributed by atoms with Gasteiger partial charge in [0.25, 0.3) is 0 Å². The molecule has 0 spiro atoms. The molecule has 5 heteroatoms. The Hall–Kier alpha value is -2.09. The van der Waals surface area contributed by atoms with E-state index in [0.717, 1.165) is 6.42 Å². The summed E-state index contributed by atoms with van der Waals surface area (Å²) >= 11 is 0. The first-order chi connectivity index (χ1) is 8.65. The second kappa shape index (κ2) is 7.28. The van der Waals surface area contributed by atoms with E-state index in [1.165, 1.54) is 12.1 Å². The molecule has 4 nitrogen and oxygen atoms in total. The summed E-state index contributed by atoms with van der Waals surface area (Å²) in [6.07, 6.45) is 1.22. The summed E-state index contributed by atoms with van der Waals surface area (Å²) in [4.78, 5) is 11.3. The molecular weight excluding hydrogens is 233 g/mol. The fourth-order valence-corrected chi connectivity index (χ4v) is 1.43.